The Kier molecular flexibility index (Phi) is 4.69. The van der Waals surface area contributed by atoms with Crippen molar-refractivity contribution in [2.75, 3.05) is 6.61 Å². The third-order valence-corrected chi connectivity index (χ3v) is 1.44. The van der Waals surface area contributed by atoms with Crippen molar-refractivity contribution in [1.82, 2.24) is 0 Å². The summed E-state index contributed by atoms with van der Waals surface area (Å²) in [4.78, 5) is 0. The maximum Gasteiger partial charge on any atom is 0.0598 e. The Morgan fingerprint density at radius 3 is 1.92 bits per heavy atom. The van der Waals surface area contributed by atoms with E-state index in [1.807, 2.05) is 0 Å². The van der Waals surface area contributed by atoms with E-state index in [9.17, 15) is 0 Å². The fraction of sp³-hybridized carbons (Fsp3) is 0.833. The van der Waals surface area contributed by atoms with Crippen LogP contribution in [-0.4, -0.2) is 12.2 Å². The van der Waals surface area contributed by atoms with Gasteiger partial charge in [0.1, 0.15) is 0 Å². The number of rotatable bonds is 3. The molecule has 0 bridgehead atoms. The molecule has 1 nitrogen and oxygen atoms in total. The van der Waals surface area contributed by atoms with Crippen LogP contribution in [0.1, 0.15) is 48.0 Å². The summed E-state index contributed by atoms with van der Waals surface area (Å²) in [5, 5.41) is 0. The van der Waals surface area contributed by atoms with E-state index in [0.717, 1.165) is 13.0 Å². The fourth-order valence-corrected chi connectivity index (χ4v) is 0.870. The number of ether oxygens (including phenoxy) is 1. The summed E-state index contributed by atoms with van der Waals surface area (Å²) >= 11 is 0. The van der Waals surface area contributed by atoms with Gasteiger partial charge in [-0.05, 0) is 32.6 Å². The van der Waals surface area contributed by atoms with E-state index >= 15 is 0 Å². The van der Waals surface area contributed by atoms with Gasteiger partial charge in [0.2, 0.25) is 0 Å². The Labute approximate surface area is 83.2 Å². The van der Waals surface area contributed by atoms with Gasteiger partial charge in [0.15, 0.2) is 0 Å². The first kappa shape index (κ1) is 12.7. The van der Waals surface area contributed by atoms with Crippen molar-refractivity contribution in [3.63, 3.8) is 0 Å². The van der Waals surface area contributed by atoms with Gasteiger partial charge >= 0.3 is 0 Å². The van der Waals surface area contributed by atoms with Crippen LogP contribution in [0, 0.1) is 5.41 Å². The van der Waals surface area contributed by atoms with Crippen LogP contribution < -0.4 is 0 Å². The monoisotopic (exact) mass is 184 g/mol. The van der Waals surface area contributed by atoms with Gasteiger partial charge in [0.05, 0.1) is 12.2 Å². The van der Waals surface area contributed by atoms with Gasteiger partial charge in [-0.2, -0.15) is 0 Å². The third-order valence-electron chi connectivity index (χ3n) is 1.44. The molecule has 78 valence electrons. The molecule has 13 heavy (non-hydrogen) atoms. The van der Waals surface area contributed by atoms with Crippen LogP contribution in [-0.2, 0) is 4.74 Å². The van der Waals surface area contributed by atoms with Gasteiger partial charge in [0, 0.05) is 0 Å². The van der Waals surface area contributed by atoms with Gasteiger partial charge < -0.3 is 4.74 Å². The standard InChI is InChI=1S/C12H24O/c1-11(2,3)9-7-8-10-13-12(4,5)6/h7,9H,8,10H2,1-6H3/b9-7-. The molecule has 0 aromatic rings. The predicted molar refractivity (Wildman–Crippen MR) is 58.9 cm³/mol. The third kappa shape index (κ3) is 11.7. The van der Waals surface area contributed by atoms with E-state index in [1.54, 1.807) is 0 Å². The Bertz CT molecular complexity index is 155. The van der Waals surface area contributed by atoms with Crippen LogP contribution in [0.4, 0.5) is 0 Å². The molecule has 0 aromatic carbocycles. The Morgan fingerprint density at radius 1 is 1.00 bits per heavy atom. The topological polar surface area (TPSA) is 9.23 Å². The Hall–Kier alpha value is -0.300. The van der Waals surface area contributed by atoms with Crippen LogP contribution in [0.25, 0.3) is 0 Å². The van der Waals surface area contributed by atoms with Gasteiger partial charge in [-0.1, -0.05) is 32.9 Å². The van der Waals surface area contributed by atoms with Crippen molar-refractivity contribution < 1.29 is 4.74 Å². The molecule has 0 atom stereocenters. The second-order valence-corrected chi connectivity index (χ2v) is 5.52. The van der Waals surface area contributed by atoms with Crippen molar-refractivity contribution in [3.05, 3.63) is 12.2 Å². The van der Waals surface area contributed by atoms with Crippen molar-refractivity contribution in [1.29, 1.82) is 0 Å². The number of allylic oxidation sites excluding steroid dienone is 1. The summed E-state index contributed by atoms with van der Waals surface area (Å²) < 4.78 is 5.59. The molecule has 0 aliphatic heterocycles. The molecule has 0 fully saturated rings. The highest BCUT2D eigenvalue weighted by Crippen LogP contribution is 2.15. The highest BCUT2D eigenvalue weighted by Gasteiger charge is 2.08. The lowest BCUT2D eigenvalue weighted by atomic mass is 9.96. The molecule has 0 saturated carbocycles. The summed E-state index contributed by atoms with van der Waals surface area (Å²) in [6.45, 7) is 13.7. The minimum Gasteiger partial charge on any atom is -0.376 e. The van der Waals surface area contributed by atoms with Gasteiger partial charge in [-0.15, -0.1) is 0 Å². The lowest BCUT2D eigenvalue weighted by Gasteiger charge is -2.19. The molecule has 0 unspecified atom stereocenters. The maximum atomic E-state index is 5.59. The highest BCUT2D eigenvalue weighted by atomic mass is 16.5. The first-order chi connectivity index (χ1) is 5.71. The zero-order valence-corrected chi connectivity index (χ0v) is 9.98. The second kappa shape index (κ2) is 4.80. The molecule has 0 rings (SSSR count). The minimum absolute atomic E-state index is 0.00439. The number of hydrogen-bond acceptors (Lipinski definition) is 1. The molecule has 0 aliphatic rings. The van der Waals surface area contributed by atoms with E-state index in [1.165, 1.54) is 0 Å². The minimum atomic E-state index is -0.00439. The van der Waals surface area contributed by atoms with Gasteiger partial charge in [0.25, 0.3) is 0 Å². The second-order valence-electron chi connectivity index (χ2n) is 5.52. The lowest BCUT2D eigenvalue weighted by Crippen LogP contribution is -2.19. The fourth-order valence-electron chi connectivity index (χ4n) is 0.870. The van der Waals surface area contributed by atoms with E-state index < -0.39 is 0 Å². The zero-order chi connectivity index (χ0) is 10.5. The van der Waals surface area contributed by atoms with Crippen molar-refractivity contribution >= 4 is 0 Å². The predicted octanol–water partition coefficient (Wildman–Crippen LogP) is 3.79. The molecular formula is C12H24O. The van der Waals surface area contributed by atoms with E-state index in [-0.39, 0.29) is 5.60 Å². The van der Waals surface area contributed by atoms with Crippen LogP contribution in [0.3, 0.4) is 0 Å². The van der Waals surface area contributed by atoms with Gasteiger partial charge in [-0.25, -0.2) is 0 Å². The molecule has 0 aromatic heterocycles. The number of hydrogen-bond donors (Lipinski definition) is 0. The van der Waals surface area contributed by atoms with Crippen LogP contribution in [0.15, 0.2) is 12.2 Å². The van der Waals surface area contributed by atoms with Crippen molar-refractivity contribution in [3.8, 4) is 0 Å². The largest absolute Gasteiger partial charge is 0.376 e. The normalized spacial score (nSPS) is 14.0. The molecule has 0 N–H and O–H groups in total. The van der Waals surface area contributed by atoms with Crippen LogP contribution in [0.2, 0.25) is 0 Å². The summed E-state index contributed by atoms with van der Waals surface area (Å²) in [5.74, 6) is 0. The average molecular weight is 184 g/mol. The Balaban J connectivity index is 3.53. The van der Waals surface area contributed by atoms with Gasteiger partial charge in [-0.3, -0.25) is 0 Å². The first-order valence-corrected chi connectivity index (χ1v) is 5.02. The van der Waals surface area contributed by atoms with E-state index in [2.05, 4.69) is 53.7 Å². The summed E-state index contributed by atoms with van der Waals surface area (Å²) in [6.07, 6.45) is 5.44. The average Bonchev–Trinajstić information content (AvgIpc) is 1.81. The lowest BCUT2D eigenvalue weighted by molar-refractivity contribution is -0.000152. The maximum absolute atomic E-state index is 5.59. The quantitative estimate of drug-likeness (QED) is 0.479. The molecule has 0 radical (unpaired) electrons. The van der Waals surface area contributed by atoms with Crippen molar-refractivity contribution in [2.45, 2.75) is 53.6 Å². The Morgan fingerprint density at radius 2 is 1.54 bits per heavy atom. The van der Waals surface area contributed by atoms with Crippen molar-refractivity contribution in [2.24, 2.45) is 5.41 Å². The first-order valence-electron chi connectivity index (χ1n) is 5.02. The summed E-state index contributed by atoms with van der Waals surface area (Å²) in [5.41, 5.74) is 0.289. The summed E-state index contributed by atoms with van der Waals surface area (Å²) in [7, 11) is 0. The smallest absolute Gasteiger partial charge is 0.0598 e. The zero-order valence-electron chi connectivity index (χ0n) is 9.98. The van der Waals surface area contributed by atoms with E-state index in [4.69, 9.17) is 4.74 Å². The molecule has 0 heterocycles. The molecule has 0 amide bonds. The molecule has 0 aliphatic carbocycles. The van der Waals surface area contributed by atoms with Crippen LogP contribution >= 0.6 is 0 Å². The molecule has 0 saturated heterocycles. The van der Waals surface area contributed by atoms with E-state index in [0.29, 0.717) is 5.41 Å². The van der Waals surface area contributed by atoms with Crippen LogP contribution in [0.5, 0.6) is 0 Å². The SMILES string of the molecule is CC(C)(C)/C=C\CCOC(C)(C)C. The molecule has 0 spiro atoms. The molecule has 1 heteroatoms. The summed E-state index contributed by atoms with van der Waals surface area (Å²) in [6, 6.07) is 0. The molecular weight excluding hydrogens is 160 g/mol. The highest BCUT2D eigenvalue weighted by molar-refractivity contribution is 4.91.